The van der Waals surface area contributed by atoms with Gasteiger partial charge in [-0.1, -0.05) is 6.07 Å². The molecule has 1 saturated heterocycles. The Morgan fingerprint density at radius 2 is 2.30 bits per heavy atom. The van der Waals surface area contributed by atoms with Gasteiger partial charge in [0, 0.05) is 19.1 Å². The SMILES string of the molecule is O=C(O)c1ccc(CN2CCOC3CCCC32)cc1F. The lowest BCUT2D eigenvalue weighted by Gasteiger charge is -2.37. The summed E-state index contributed by atoms with van der Waals surface area (Å²) in [6.45, 7) is 2.22. The van der Waals surface area contributed by atoms with Crippen LogP contribution in [0.25, 0.3) is 0 Å². The van der Waals surface area contributed by atoms with E-state index in [0.29, 0.717) is 18.7 Å². The average Bonchev–Trinajstić information content (AvgIpc) is 2.87. The van der Waals surface area contributed by atoms with Gasteiger partial charge >= 0.3 is 5.97 Å². The molecular formula is C15H18FNO3. The van der Waals surface area contributed by atoms with Gasteiger partial charge in [-0.3, -0.25) is 4.90 Å². The van der Waals surface area contributed by atoms with E-state index < -0.39 is 11.8 Å². The topological polar surface area (TPSA) is 49.8 Å². The first-order chi connectivity index (χ1) is 9.65. The number of nitrogens with zero attached hydrogens (tertiary/aromatic N) is 1. The second kappa shape index (κ2) is 5.50. The highest BCUT2D eigenvalue weighted by Gasteiger charge is 2.35. The summed E-state index contributed by atoms with van der Waals surface area (Å²) in [4.78, 5) is 13.1. The van der Waals surface area contributed by atoms with E-state index in [1.54, 1.807) is 6.07 Å². The van der Waals surface area contributed by atoms with E-state index in [0.717, 1.165) is 31.6 Å². The molecule has 1 aromatic carbocycles. The fourth-order valence-corrected chi connectivity index (χ4v) is 3.27. The van der Waals surface area contributed by atoms with Crippen molar-refractivity contribution in [3.63, 3.8) is 0 Å². The molecule has 5 heteroatoms. The van der Waals surface area contributed by atoms with Gasteiger partial charge in [0.05, 0.1) is 18.3 Å². The van der Waals surface area contributed by atoms with Crippen LogP contribution in [0.15, 0.2) is 18.2 Å². The average molecular weight is 279 g/mol. The van der Waals surface area contributed by atoms with Crippen molar-refractivity contribution < 1.29 is 19.0 Å². The molecule has 1 aliphatic heterocycles. The molecule has 1 saturated carbocycles. The Hall–Kier alpha value is -1.46. The standard InChI is InChI=1S/C15H18FNO3/c16-12-8-10(4-5-11(12)15(18)19)9-17-6-7-20-14-3-1-2-13(14)17/h4-5,8,13-14H,1-3,6-7,9H2,(H,18,19). The molecule has 2 aliphatic rings. The molecule has 0 radical (unpaired) electrons. The summed E-state index contributed by atoms with van der Waals surface area (Å²) in [5, 5.41) is 8.83. The molecule has 0 spiro atoms. The fraction of sp³-hybridized carbons (Fsp3) is 0.533. The quantitative estimate of drug-likeness (QED) is 0.922. The smallest absolute Gasteiger partial charge is 0.338 e. The highest BCUT2D eigenvalue weighted by Crippen LogP contribution is 2.30. The van der Waals surface area contributed by atoms with Gasteiger partial charge in [-0.05, 0) is 37.0 Å². The largest absolute Gasteiger partial charge is 0.478 e. The van der Waals surface area contributed by atoms with E-state index in [9.17, 15) is 9.18 Å². The molecule has 1 N–H and O–H groups in total. The molecule has 108 valence electrons. The van der Waals surface area contributed by atoms with Crippen LogP contribution in [-0.4, -0.2) is 41.3 Å². The van der Waals surface area contributed by atoms with Crippen molar-refractivity contribution in [1.82, 2.24) is 4.90 Å². The molecule has 20 heavy (non-hydrogen) atoms. The molecule has 2 unspecified atom stereocenters. The van der Waals surface area contributed by atoms with E-state index in [-0.39, 0.29) is 5.56 Å². The first-order valence-corrected chi connectivity index (χ1v) is 7.02. The van der Waals surface area contributed by atoms with Crippen molar-refractivity contribution in [1.29, 1.82) is 0 Å². The van der Waals surface area contributed by atoms with Crippen LogP contribution >= 0.6 is 0 Å². The zero-order valence-corrected chi connectivity index (χ0v) is 11.2. The summed E-state index contributed by atoms with van der Waals surface area (Å²) >= 11 is 0. The number of carboxylic acids is 1. The lowest BCUT2D eigenvalue weighted by atomic mass is 10.1. The Labute approximate surface area is 117 Å². The summed E-state index contributed by atoms with van der Waals surface area (Å²) in [5.41, 5.74) is 0.550. The highest BCUT2D eigenvalue weighted by molar-refractivity contribution is 5.87. The van der Waals surface area contributed by atoms with Crippen LogP contribution in [0.3, 0.4) is 0 Å². The predicted molar refractivity (Wildman–Crippen MR) is 71.1 cm³/mol. The third-order valence-corrected chi connectivity index (χ3v) is 4.25. The Bertz CT molecular complexity index is 520. The minimum absolute atomic E-state index is 0.269. The van der Waals surface area contributed by atoms with Gasteiger partial charge in [-0.25, -0.2) is 9.18 Å². The van der Waals surface area contributed by atoms with Crippen LogP contribution in [0.2, 0.25) is 0 Å². The van der Waals surface area contributed by atoms with Gasteiger partial charge in [0.15, 0.2) is 0 Å². The zero-order valence-electron chi connectivity index (χ0n) is 11.2. The van der Waals surface area contributed by atoms with Crippen LogP contribution < -0.4 is 0 Å². The number of halogens is 1. The van der Waals surface area contributed by atoms with Crippen molar-refractivity contribution in [2.75, 3.05) is 13.2 Å². The van der Waals surface area contributed by atoms with Crippen molar-refractivity contribution in [2.24, 2.45) is 0 Å². The van der Waals surface area contributed by atoms with Crippen molar-refractivity contribution in [2.45, 2.75) is 38.0 Å². The molecule has 1 heterocycles. The summed E-state index contributed by atoms with van der Waals surface area (Å²) in [6, 6.07) is 4.81. The third kappa shape index (κ3) is 2.55. The monoisotopic (exact) mass is 279 g/mol. The van der Waals surface area contributed by atoms with Crippen LogP contribution in [-0.2, 0) is 11.3 Å². The number of ether oxygens (including phenoxy) is 1. The van der Waals surface area contributed by atoms with Crippen molar-refractivity contribution in [3.8, 4) is 0 Å². The summed E-state index contributed by atoms with van der Waals surface area (Å²) < 4.78 is 19.4. The highest BCUT2D eigenvalue weighted by atomic mass is 19.1. The molecule has 2 atom stereocenters. The second-order valence-corrected chi connectivity index (χ2v) is 5.50. The number of carboxylic acid groups (broad SMARTS) is 1. The van der Waals surface area contributed by atoms with Gasteiger partial charge in [-0.2, -0.15) is 0 Å². The molecule has 1 aromatic rings. The fourth-order valence-electron chi connectivity index (χ4n) is 3.27. The minimum atomic E-state index is -1.23. The molecule has 0 bridgehead atoms. The first kappa shape index (κ1) is 13.5. The zero-order chi connectivity index (χ0) is 14.1. The van der Waals surface area contributed by atoms with Gasteiger partial charge in [0.2, 0.25) is 0 Å². The summed E-state index contributed by atoms with van der Waals surface area (Å²) in [5.74, 6) is -1.89. The van der Waals surface area contributed by atoms with E-state index in [2.05, 4.69) is 4.90 Å². The molecule has 0 aromatic heterocycles. The number of morpholine rings is 1. The van der Waals surface area contributed by atoms with E-state index in [1.165, 1.54) is 18.6 Å². The Balaban J connectivity index is 1.74. The molecular weight excluding hydrogens is 261 g/mol. The van der Waals surface area contributed by atoms with Gasteiger partial charge in [-0.15, -0.1) is 0 Å². The number of aromatic carboxylic acids is 1. The van der Waals surface area contributed by atoms with Crippen LogP contribution in [0.1, 0.15) is 35.2 Å². The van der Waals surface area contributed by atoms with Crippen LogP contribution in [0, 0.1) is 5.82 Å². The number of hydrogen-bond donors (Lipinski definition) is 1. The normalized spacial score (nSPS) is 26.4. The third-order valence-electron chi connectivity index (χ3n) is 4.25. The van der Waals surface area contributed by atoms with Crippen LogP contribution in [0.5, 0.6) is 0 Å². The van der Waals surface area contributed by atoms with Gasteiger partial charge < -0.3 is 9.84 Å². The van der Waals surface area contributed by atoms with E-state index in [4.69, 9.17) is 9.84 Å². The predicted octanol–water partition coefficient (Wildman–Crippen LogP) is 2.28. The molecule has 1 aliphatic carbocycles. The Kier molecular flexibility index (Phi) is 3.72. The Morgan fingerprint density at radius 1 is 1.45 bits per heavy atom. The first-order valence-electron chi connectivity index (χ1n) is 7.02. The van der Waals surface area contributed by atoms with Crippen LogP contribution in [0.4, 0.5) is 4.39 Å². The molecule has 0 amide bonds. The maximum absolute atomic E-state index is 13.7. The van der Waals surface area contributed by atoms with E-state index in [1.807, 2.05) is 0 Å². The second-order valence-electron chi connectivity index (χ2n) is 5.50. The van der Waals surface area contributed by atoms with E-state index >= 15 is 0 Å². The molecule has 3 rings (SSSR count). The summed E-state index contributed by atoms with van der Waals surface area (Å²) in [7, 11) is 0. The summed E-state index contributed by atoms with van der Waals surface area (Å²) in [6.07, 6.45) is 3.72. The number of carbonyl (C=O) groups is 1. The maximum Gasteiger partial charge on any atom is 0.338 e. The number of benzene rings is 1. The van der Waals surface area contributed by atoms with Crippen molar-refractivity contribution in [3.05, 3.63) is 35.1 Å². The maximum atomic E-state index is 13.7. The number of fused-ring (bicyclic) bond motifs is 1. The Morgan fingerprint density at radius 3 is 3.05 bits per heavy atom. The van der Waals surface area contributed by atoms with Gasteiger partial charge in [0.25, 0.3) is 0 Å². The van der Waals surface area contributed by atoms with Gasteiger partial charge in [0.1, 0.15) is 5.82 Å². The molecule has 2 fully saturated rings. The molecule has 4 nitrogen and oxygen atoms in total. The van der Waals surface area contributed by atoms with Crippen molar-refractivity contribution >= 4 is 5.97 Å². The minimum Gasteiger partial charge on any atom is -0.478 e. The number of hydrogen-bond acceptors (Lipinski definition) is 3. The lowest BCUT2D eigenvalue weighted by Crippen LogP contribution is -2.47. The lowest BCUT2D eigenvalue weighted by molar-refractivity contribution is -0.0588. The number of rotatable bonds is 3.